The van der Waals surface area contributed by atoms with E-state index in [4.69, 9.17) is 0 Å². The van der Waals surface area contributed by atoms with Crippen LogP contribution in [0.3, 0.4) is 0 Å². The van der Waals surface area contributed by atoms with Crippen molar-refractivity contribution >= 4 is 6.08 Å². The summed E-state index contributed by atoms with van der Waals surface area (Å²) in [5, 5.41) is 0. The second kappa shape index (κ2) is 3.59. The second-order valence-corrected chi connectivity index (χ2v) is 1.80. The molecule has 0 saturated heterocycles. The number of hydrogen-bond donors (Lipinski definition) is 0. The van der Waals surface area contributed by atoms with Crippen molar-refractivity contribution in [3.05, 3.63) is 35.9 Å². The monoisotopic (exact) mass is 132 g/mol. The minimum Gasteiger partial charge on any atom is -0.211 e. The molecule has 0 aromatic heterocycles. The maximum absolute atomic E-state index is 9.67. The Hall–Kier alpha value is -1.40. The number of hydrogen-bond acceptors (Lipinski definition) is 2. The smallest absolute Gasteiger partial charge is 0.211 e. The predicted octanol–water partition coefficient (Wildman–Crippen LogP) is 1.32. The fraction of sp³-hybridized carbons (Fsp3) is 0.125. The fourth-order valence-electron chi connectivity index (χ4n) is 0.646. The SMILES string of the molecule is O=C=NCc1[c]cccc1. The molecule has 0 aliphatic rings. The van der Waals surface area contributed by atoms with Gasteiger partial charge in [0.15, 0.2) is 0 Å². The summed E-state index contributed by atoms with van der Waals surface area (Å²) in [6.45, 7) is 0.379. The maximum atomic E-state index is 9.67. The first-order chi connectivity index (χ1) is 4.93. The molecule has 0 unspecified atom stereocenters. The van der Waals surface area contributed by atoms with Gasteiger partial charge in [0.2, 0.25) is 6.08 Å². The zero-order valence-electron chi connectivity index (χ0n) is 5.37. The maximum Gasteiger partial charge on any atom is 0.235 e. The van der Waals surface area contributed by atoms with E-state index in [2.05, 4.69) is 11.1 Å². The van der Waals surface area contributed by atoms with Crippen LogP contribution in [0.4, 0.5) is 0 Å². The Morgan fingerprint density at radius 3 is 3.10 bits per heavy atom. The molecule has 1 aromatic carbocycles. The van der Waals surface area contributed by atoms with Crippen molar-refractivity contribution in [1.29, 1.82) is 0 Å². The molecule has 0 N–H and O–H groups in total. The second-order valence-electron chi connectivity index (χ2n) is 1.80. The van der Waals surface area contributed by atoms with Crippen molar-refractivity contribution in [2.24, 2.45) is 4.99 Å². The van der Waals surface area contributed by atoms with Crippen LogP contribution in [0.1, 0.15) is 5.56 Å². The van der Waals surface area contributed by atoms with Gasteiger partial charge in [0.1, 0.15) is 0 Å². The lowest BCUT2D eigenvalue weighted by Gasteiger charge is -1.89. The number of isocyanates is 1. The summed E-state index contributed by atoms with van der Waals surface area (Å²) in [6.07, 6.45) is 1.47. The first-order valence-electron chi connectivity index (χ1n) is 2.92. The summed E-state index contributed by atoms with van der Waals surface area (Å²) >= 11 is 0. The van der Waals surface area contributed by atoms with E-state index < -0.39 is 0 Å². The molecule has 2 heteroatoms. The Morgan fingerprint density at radius 2 is 2.50 bits per heavy atom. The van der Waals surface area contributed by atoms with E-state index in [1.165, 1.54) is 6.08 Å². The molecule has 0 spiro atoms. The molecule has 49 valence electrons. The molecule has 0 aliphatic heterocycles. The van der Waals surface area contributed by atoms with Crippen LogP contribution < -0.4 is 0 Å². The van der Waals surface area contributed by atoms with Crippen molar-refractivity contribution in [3.63, 3.8) is 0 Å². The molecule has 0 aliphatic carbocycles. The highest BCUT2D eigenvalue weighted by Crippen LogP contribution is 1.97. The van der Waals surface area contributed by atoms with E-state index in [-0.39, 0.29) is 0 Å². The van der Waals surface area contributed by atoms with Crippen LogP contribution in [-0.2, 0) is 11.3 Å². The van der Waals surface area contributed by atoms with Gasteiger partial charge in [0, 0.05) is 0 Å². The minimum absolute atomic E-state index is 0.379. The molecule has 0 bridgehead atoms. The van der Waals surface area contributed by atoms with E-state index in [0.29, 0.717) is 6.54 Å². The molecule has 1 aromatic rings. The number of rotatable bonds is 2. The van der Waals surface area contributed by atoms with Gasteiger partial charge >= 0.3 is 0 Å². The van der Waals surface area contributed by atoms with Crippen LogP contribution in [-0.4, -0.2) is 6.08 Å². The summed E-state index contributed by atoms with van der Waals surface area (Å²) in [6, 6.07) is 10.3. The Morgan fingerprint density at radius 1 is 1.60 bits per heavy atom. The van der Waals surface area contributed by atoms with Crippen LogP contribution in [0.2, 0.25) is 0 Å². The molecule has 0 fully saturated rings. The minimum atomic E-state index is 0.379. The summed E-state index contributed by atoms with van der Waals surface area (Å²) in [4.78, 5) is 13.1. The zero-order chi connectivity index (χ0) is 7.23. The summed E-state index contributed by atoms with van der Waals surface area (Å²) in [5.41, 5.74) is 0.908. The third-order valence-electron chi connectivity index (χ3n) is 1.09. The lowest BCUT2D eigenvalue weighted by Crippen LogP contribution is -1.77. The van der Waals surface area contributed by atoms with Gasteiger partial charge < -0.3 is 0 Å². The van der Waals surface area contributed by atoms with Gasteiger partial charge in [-0.1, -0.05) is 24.3 Å². The molecule has 2 nitrogen and oxygen atoms in total. The van der Waals surface area contributed by atoms with Crippen LogP contribution >= 0.6 is 0 Å². The number of benzene rings is 1. The van der Waals surface area contributed by atoms with Crippen LogP contribution in [0, 0.1) is 6.07 Å². The van der Waals surface area contributed by atoms with Gasteiger partial charge in [-0.25, -0.2) is 9.79 Å². The number of carbonyl (C=O) groups excluding carboxylic acids is 1. The highest BCUT2D eigenvalue weighted by atomic mass is 16.1. The Bertz CT molecular complexity index is 237. The van der Waals surface area contributed by atoms with E-state index in [1.54, 1.807) is 6.07 Å². The average Bonchev–Trinajstić information content (AvgIpc) is 2.03. The molecule has 1 rings (SSSR count). The molecular weight excluding hydrogens is 126 g/mol. The van der Waals surface area contributed by atoms with Gasteiger partial charge in [-0.15, -0.1) is 0 Å². The van der Waals surface area contributed by atoms with Crippen LogP contribution in [0.25, 0.3) is 0 Å². The predicted molar refractivity (Wildman–Crippen MR) is 37.1 cm³/mol. The highest BCUT2D eigenvalue weighted by Gasteiger charge is 1.85. The zero-order valence-corrected chi connectivity index (χ0v) is 5.37. The quantitative estimate of drug-likeness (QED) is 0.440. The number of nitrogens with zero attached hydrogens (tertiary/aromatic N) is 1. The van der Waals surface area contributed by atoms with Crippen molar-refractivity contribution in [3.8, 4) is 0 Å². The van der Waals surface area contributed by atoms with Crippen molar-refractivity contribution in [1.82, 2.24) is 0 Å². The lowest BCUT2D eigenvalue weighted by atomic mass is 10.2. The molecule has 10 heavy (non-hydrogen) atoms. The molecule has 0 atom stereocenters. The van der Waals surface area contributed by atoms with E-state index in [0.717, 1.165) is 5.56 Å². The van der Waals surface area contributed by atoms with E-state index in [1.807, 2.05) is 18.2 Å². The summed E-state index contributed by atoms with van der Waals surface area (Å²) < 4.78 is 0. The summed E-state index contributed by atoms with van der Waals surface area (Å²) in [7, 11) is 0. The van der Waals surface area contributed by atoms with Gasteiger partial charge in [-0.05, 0) is 11.6 Å². The third kappa shape index (κ3) is 1.84. The molecular formula is C8H6NO. The largest absolute Gasteiger partial charge is 0.235 e. The van der Waals surface area contributed by atoms with Gasteiger partial charge in [0.25, 0.3) is 0 Å². The van der Waals surface area contributed by atoms with E-state index in [9.17, 15) is 4.79 Å². The van der Waals surface area contributed by atoms with Gasteiger partial charge in [-0.2, -0.15) is 0 Å². The summed E-state index contributed by atoms with van der Waals surface area (Å²) in [5.74, 6) is 0. The normalized spacial score (nSPS) is 8.40. The first-order valence-corrected chi connectivity index (χ1v) is 2.92. The van der Waals surface area contributed by atoms with Crippen molar-refractivity contribution in [2.45, 2.75) is 6.54 Å². The van der Waals surface area contributed by atoms with Crippen LogP contribution in [0.5, 0.6) is 0 Å². The molecule has 0 amide bonds. The molecule has 1 radical (unpaired) electrons. The van der Waals surface area contributed by atoms with Crippen molar-refractivity contribution < 1.29 is 4.79 Å². The Labute approximate surface area is 59.2 Å². The first kappa shape index (κ1) is 6.72. The Kier molecular flexibility index (Phi) is 2.41. The van der Waals surface area contributed by atoms with Gasteiger partial charge in [0.05, 0.1) is 6.54 Å². The third-order valence-corrected chi connectivity index (χ3v) is 1.09. The molecule has 0 saturated carbocycles. The van der Waals surface area contributed by atoms with Gasteiger partial charge in [-0.3, -0.25) is 0 Å². The van der Waals surface area contributed by atoms with Crippen LogP contribution in [0.15, 0.2) is 29.3 Å². The Balaban J connectivity index is 2.67. The van der Waals surface area contributed by atoms with E-state index >= 15 is 0 Å². The van der Waals surface area contributed by atoms with Crippen molar-refractivity contribution in [2.75, 3.05) is 0 Å². The highest BCUT2D eigenvalue weighted by molar-refractivity contribution is 5.33. The average molecular weight is 132 g/mol. The standard InChI is InChI=1S/C8H6NO/c10-7-9-6-8-4-2-1-3-5-8/h1-4H,6H2. The number of aliphatic imine (C=N–C) groups is 1. The lowest BCUT2D eigenvalue weighted by molar-refractivity contribution is 0.563. The topological polar surface area (TPSA) is 29.4 Å². The fourth-order valence-corrected chi connectivity index (χ4v) is 0.646. The molecule has 0 heterocycles.